The third-order valence-electron chi connectivity index (χ3n) is 3.14. The van der Waals surface area contributed by atoms with Gasteiger partial charge in [-0.1, -0.05) is 30.3 Å². The van der Waals surface area contributed by atoms with Crippen LogP contribution in [-0.4, -0.2) is 19.4 Å². The number of carbonyl (C=O) groups is 1. The van der Waals surface area contributed by atoms with Crippen LogP contribution in [0.3, 0.4) is 0 Å². The van der Waals surface area contributed by atoms with E-state index in [-0.39, 0.29) is 5.56 Å². The number of methoxy groups -OCH3 is 1. The second kappa shape index (κ2) is 6.70. The van der Waals surface area contributed by atoms with Crippen molar-refractivity contribution in [3.63, 3.8) is 0 Å². The minimum Gasteiger partial charge on any atom is -0.465 e. The molecule has 0 heterocycles. The van der Waals surface area contributed by atoms with Gasteiger partial charge in [-0.15, -0.1) is 13.2 Å². The summed E-state index contributed by atoms with van der Waals surface area (Å²) in [5, 5.41) is 0. The number of benzene rings is 2. The van der Waals surface area contributed by atoms with E-state index >= 15 is 0 Å². The molecule has 0 radical (unpaired) electrons. The minimum atomic E-state index is -4.91. The lowest BCUT2D eigenvalue weighted by Gasteiger charge is -2.14. The fraction of sp³-hybridized carbons (Fsp3) is 0.188. The van der Waals surface area contributed by atoms with Gasteiger partial charge in [0.05, 0.1) is 7.11 Å². The average molecular weight is 325 g/mol. The van der Waals surface area contributed by atoms with Gasteiger partial charge in [0.25, 0.3) is 0 Å². The molecule has 23 heavy (non-hydrogen) atoms. The molecule has 0 aliphatic heterocycles. The third-order valence-corrected chi connectivity index (χ3v) is 3.14. The maximum Gasteiger partial charge on any atom is 0.573 e. The largest absolute Gasteiger partial charge is 0.573 e. The summed E-state index contributed by atoms with van der Waals surface area (Å²) in [5.41, 5.74) is 7.24. The van der Waals surface area contributed by atoms with E-state index < -0.39 is 18.1 Å². The highest BCUT2D eigenvalue weighted by Gasteiger charge is 2.33. The van der Waals surface area contributed by atoms with Crippen LogP contribution in [0.5, 0.6) is 5.75 Å². The molecule has 4 nitrogen and oxygen atoms in total. The summed E-state index contributed by atoms with van der Waals surface area (Å²) in [5.74, 6) is -1.51. The summed E-state index contributed by atoms with van der Waals surface area (Å²) in [4.78, 5) is 11.6. The second-order valence-corrected chi connectivity index (χ2v) is 4.65. The van der Waals surface area contributed by atoms with E-state index in [0.29, 0.717) is 17.7 Å². The third kappa shape index (κ3) is 4.23. The number of alkyl halides is 3. The van der Waals surface area contributed by atoms with E-state index in [1.165, 1.54) is 12.1 Å². The summed E-state index contributed by atoms with van der Waals surface area (Å²) in [6, 6.07) is 10.9. The molecule has 0 spiro atoms. The van der Waals surface area contributed by atoms with Crippen molar-refractivity contribution < 1.29 is 27.4 Å². The second-order valence-electron chi connectivity index (χ2n) is 4.65. The van der Waals surface area contributed by atoms with Crippen molar-refractivity contribution in [2.75, 3.05) is 7.11 Å². The standard InChI is InChI=1S/C16H14F3NO3/c1-22-15(21)13-7-6-12(8-14(13)23-16(17,18)19)11-4-2-10(9-20)3-5-11/h2-8H,9,20H2,1H3. The van der Waals surface area contributed by atoms with Crippen LogP contribution in [0.1, 0.15) is 15.9 Å². The molecule has 2 rings (SSSR count). The molecule has 122 valence electrons. The molecule has 0 aliphatic carbocycles. The first-order valence-electron chi connectivity index (χ1n) is 6.61. The zero-order valence-corrected chi connectivity index (χ0v) is 12.2. The van der Waals surface area contributed by atoms with Gasteiger partial charge in [0.1, 0.15) is 11.3 Å². The first kappa shape index (κ1) is 16.8. The number of rotatable bonds is 4. The molecule has 2 aromatic carbocycles. The summed E-state index contributed by atoms with van der Waals surface area (Å²) < 4.78 is 46.0. The molecule has 2 N–H and O–H groups in total. The molecule has 0 unspecified atom stereocenters. The van der Waals surface area contributed by atoms with Crippen LogP contribution in [-0.2, 0) is 11.3 Å². The number of hydrogen-bond donors (Lipinski definition) is 1. The highest BCUT2D eigenvalue weighted by Crippen LogP contribution is 2.32. The predicted octanol–water partition coefficient (Wildman–Crippen LogP) is 3.50. The highest BCUT2D eigenvalue weighted by molar-refractivity contribution is 5.93. The highest BCUT2D eigenvalue weighted by atomic mass is 19.4. The quantitative estimate of drug-likeness (QED) is 0.874. The van der Waals surface area contributed by atoms with Gasteiger partial charge >= 0.3 is 12.3 Å². The summed E-state index contributed by atoms with van der Waals surface area (Å²) in [7, 11) is 1.08. The molecule has 0 fully saturated rings. The molecule has 0 bridgehead atoms. The van der Waals surface area contributed by atoms with Gasteiger partial charge in [0, 0.05) is 6.54 Å². The maximum atomic E-state index is 12.5. The van der Waals surface area contributed by atoms with Crippen LogP contribution < -0.4 is 10.5 Å². The molecule has 0 atom stereocenters. The summed E-state index contributed by atoms with van der Waals surface area (Å²) in [6.07, 6.45) is -4.91. The average Bonchev–Trinajstić information content (AvgIpc) is 2.52. The molecular weight excluding hydrogens is 311 g/mol. The maximum absolute atomic E-state index is 12.5. The van der Waals surface area contributed by atoms with Crippen LogP contribution in [0, 0.1) is 0 Å². The number of hydrogen-bond acceptors (Lipinski definition) is 4. The van der Waals surface area contributed by atoms with Crippen molar-refractivity contribution in [3.05, 3.63) is 53.6 Å². The van der Waals surface area contributed by atoms with E-state index in [2.05, 4.69) is 9.47 Å². The molecule has 0 aliphatic rings. The number of halogens is 3. The molecule has 2 aromatic rings. The van der Waals surface area contributed by atoms with Crippen molar-refractivity contribution in [1.29, 1.82) is 0 Å². The Kier molecular flexibility index (Phi) is 4.90. The molecule has 0 aromatic heterocycles. The van der Waals surface area contributed by atoms with Crippen LogP contribution >= 0.6 is 0 Å². The number of nitrogens with two attached hydrogens (primary N) is 1. The predicted molar refractivity (Wildman–Crippen MR) is 77.8 cm³/mol. The smallest absolute Gasteiger partial charge is 0.465 e. The fourth-order valence-electron chi connectivity index (χ4n) is 2.02. The monoisotopic (exact) mass is 325 g/mol. The van der Waals surface area contributed by atoms with Crippen molar-refractivity contribution in [2.24, 2.45) is 5.73 Å². The first-order chi connectivity index (χ1) is 10.8. The van der Waals surface area contributed by atoms with Crippen molar-refractivity contribution >= 4 is 5.97 Å². The zero-order valence-electron chi connectivity index (χ0n) is 12.2. The Balaban J connectivity index is 2.45. The normalized spacial score (nSPS) is 11.2. The van der Waals surface area contributed by atoms with Crippen LogP contribution in [0.15, 0.2) is 42.5 Å². The Morgan fingerprint density at radius 2 is 1.70 bits per heavy atom. The molecular formula is C16H14F3NO3. The topological polar surface area (TPSA) is 61.5 Å². The van der Waals surface area contributed by atoms with Crippen molar-refractivity contribution in [2.45, 2.75) is 12.9 Å². The summed E-state index contributed by atoms with van der Waals surface area (Å²) in [6.45, 7) is 0.365. The zero-order chi connectivity index (χ0) is 17.0. The van der Waals surface area contributed by atoms with Gasteiger partial charge in [-0.05, 0) is 28.8 Å². The Hall–Kier alpha value is -2.54. The number of esters is 1. The van der Waals surface area contributed by atoms with E-state index in [9.17, 15) is 18.0 Å². The Bertz CT molecular complexity index is 697. The molecule has 7 heteroatoms. The lowest BCUT2D eigenvalue weighted by atomic mass is 10.0. The van der Waals surface area contributed by atoms with Gasteiger partial charge in [0.2, 0.25) is 0 Å². The van der Waals surface area contributed by atoms with Gasteiger partial charge in [-0.25, -0.2) is 4.79 Å². The molecule has 0 amide bonds. The lowest BCUT2D eigenvalue weighted by Crippen LogP contribution is -2.19. The number of carbonyl (C=O) groups excluding carboxylic acids is 1. The SMILES string of the molecule is COC(=O)c1ccc(-c2ccc(CN)cc2)cc1OC(F)(F)F. The Morgan fingerprint density at radius 1 is 1.09 bits per heavy atom. The van der Waals surface area contributed by atoms with E-state index in [0.717, 1.165) is 18.7 Å². The minimum absolute atomic E-state index is 0.299. The fourth-order valence-corrected chi connectivity index (χ4v) is 2.02. The Labute approximate surface area is 130 Å². The molecule has 0 saturated carbocycles. The van der Waals surface area contributed by atoms with Crippen molar-refractivity contribution in [1.82, 2.24) is 0 Å². The van der Waals surface area contributed by atoms with Crippen molar-refractivity contribution in [3.8, 4) is 16.9 Å². The first-order valence-corrected chi connectivity index (χ1v) is 6.61. The molecule has 0 saturated heterocycles. The van der Waals surface area contributed by atoms with Gasteiger partial charge in [-0.3, -0.25) is 0 Å². The van der Waals surface area contributed by atoms with Gasteiger partial charge < -0.3 is 15.2 Å². The lowest BCUT2D eigenvalue weighted by molar-refractivity contribution is -0.274. The van der Waals surface area contributed by atoms with E-state index in [1.807, 2.05) is 0 Å². The van der Waals surface area contributed by atoms with Gasteiger partial charge in [-0.2, -0.15) is 0 Å². The van der Waals surface area contributed by atoms with E-state index in [4.69, 9.17) is 5.73 Å². The van der Waals surface area contributed by atoms with Gasteiger partial charge in [0.15, 0.2) is 0 Å². The number of ether oxygens (including phenoxy) is 2. The van der Waals surface area contributed by atoms with E-state index in [1.54, 1.807) is 24.3 Å². The Morgan fingerprint density at radius 3 is 2.22 bits per heavy atom. The van der Waals surface area contributed by atoms with Crippen LogP contribution in [0.4, 0.5) is 13.2 Å². The van der Waals surface area contributed by atoms with Crippen LogP contribution in [0.2, 0.25) is 0 Å². The summed E-state index contributed by atoms with van der Waals surface area (Å²) >= 11 is 0. The van der Waals surface area contributed by atoms with Crippen LogP contribution in [0.25, 0.3) is 11.1 Å².